The first-order chi connectivity index (χ1) is 12.0. The number of furan rings is 1. The molecule has 0 aliphatic rings. The molecule has 1 heterocycles. The van der Waals surface area contributed by atoms with E-state index < -0.39 is 16.4 Å². The smallest absolute Gasteiger partial charge is 0.315 e. The molecule has 0 saturated heterocycles. The molecule has 0 radical (unpaired) electrons. The number of methoxy groups -OCH3 is 1. The second-order valence-electron chi connectivity index (χ2n) is 5.19. The van der Waals surface area contributed by atoms with Gasteiger partial charge < -0.3 is 14.3 Å². The second-order valence-corrected chi connectivity index (χ2v) is 5.19. The zero-order chi connectivity index (χ0) is 18.0. The Morgan fingerprint density at radius 2 is 2.04 bits per heavy atom. The molecule has 0 fully saturated rings. The van der Waals surface area contributed by atoms with Crippen molar-refractivity contribution in [2.45, 2.75) is 0 Å². The van der Waals surface area contributed by atoms with E-state index in [1.807, 2.05) is 12.1 Å². The van der Waals surface area contributed by atoms with Crippen LogP contribution in [-0.4, -0.2) is 22.9 Å². The summed E-state index contributed by atoms with van der Waals surface area (Å²) in [6.07, 6.45) is 2.64. The predicted octanol–water partition coefficient (Wildman–Crippen LogP) is 3.95. The molecule has 1 N–H and O–H groups in total. The first-order valence-corrected chi connectivity index (χ1v) is 7.26. The number of nitro benzene ring substituents is 1. The van der Waals surface area contributed by atoms with Gasteiger partial charge in [0.15, 0.2) is 11.5 Å². The molecular weight excluding hydrogens is 326 g/mol. The number of carbonyl (C=O) groups excluding carboxylic acids is 1. The average molecular weight is 339 g/mol. The van der Waals surface area contributed by atoms with Crippen molar-refractivity contribution >= 4 is 28.5 Å². The molecule has 0 bridgehead atoms. The van der Waals surface area contributed by atoms with Crippen LogP contribution in [0.4, 0.5) is 5.69 Å². The number of hydrogen-bond acceptors (Lipinski definition) is 6. The summed E-state index contributed by atoms with van der Waals surface area (Å²) in [6.45, 7) is 0. The minimum Gasteiger partial charge on any atom is -0.500 e. The molecule has 0 spiro atoms. The van der Waals surface area contributed by atoms with Gasteiger partial charge in [-0.2, -0.15) is 0 Å². The summed E-state index contributed by atoms with van der Waals surface area (Å²) < 4.78 is 10.4. The summed E-state index contributed by atoms with van der Waals surface area (Å²) in [7, 11) is 1.28. The lowest BCUT2D eigenvalue weighted by molar-refractivity contribution is -0.386. The Morgan fingerprint density at radius 1 is 1.28 bits per heavy atom. The summed E-state index contributed by atoms with van der Waals surface area (Å²) in [5.74, 6) is -0.832. The van der Waals surface area contributed by atoms with E-state index in [9.17, 15) is 20.0 Å². The summed E-state index contributed by atoms with van der Waals surface area (Å²) in [5, 5.41) is 21.5. The van der Waals surface area contributed by atoms with Crippen LogP contribution in [0.25, 0.3) is 17.0 Å². The molecule has 7 nitrogen and oxygen atoms in total. The van der Waals surface area contributed by atoms with E-state index in [2.05, 4.69) is 0 Å². The van der Waals surface area contributed by atoms with E-state index in [4.69, 9.17) is 9.15 Å². The van der Waals surface area contributed by atoms with Gasteiger partial charge in [0, 0.05) is 11.5 Å². The third kappa shape index (κ3) is 3.20. The van der Waals surface area contributed by atoms with Crippen molar-refractivity contribution in [1.29, 1.82) is 0 Å². The van der Waals surface area contributed by atoms with Crippen molar-refractivity contribution < 1.29 is 24.0 Å². The molecule has 0 atom stereocenters. The van der Waals surface area contributed by atoms with Gasteiger partial charge in [-0.05, 0) is 29.8 Å². The number of fused-ring (bicyclic) bond motifs is 1. The highest BCUT2D eigenvalue weighted by molar-refractivity contribution is 6.07. The molecule has 25 heavy (non-hydrogen) atoms. The van der Waals surface area contributed by atoms with Crippen molar-refractivity contribution in [3.05, 3.63) is 70.0 Å². The van der Waals surface area contributed by atoms with Crippen LogP contribution < -0.4 is 4.74 Å². The molecule has 0 aliphatic heterocycles. The fraction of sp³-hybridized carbons (Fsp3) is 0.0556. The first kappa shape index (κ1) is 16.3. The Balaban J connectivity index is 1.91. The number of phenolic OH excluding ortho intramolecular Hbond substituents is 1. The Kier molecular flexibility index (Phi) is 4.21. The first-order valence-electron chi connectivity index (χ1n) is 7.26. The Morgan fingerprint density at radius 3 is 2.72 bits per heavy atom. The van der Waals surface area contributed by atoms with Crippen molar-refractivity contribution in [2.24, 2.45) is 0 Å². The van der Waals surface area contributed by atoms with Gasteiger partial charge in [-0.1, -0.05) is 24.3 Å². The minimum atomic E-state index is -0.726. The lowest BCUT2D eigenvalue weighted by Crippen LogP contribution is -1.94. The number of carbonyl (C=O) groups is 1. The summed E-state index contributed by atoms with van der Waals surface area (Å²) >= 11 is 0. The number of ketones is 1. The third-order valence-corrected chi connectivity index (χ3v) is 3.59. The Labute approximate surface area is 141 Å². The maximum atomic E-state index is 12.2. The normalized spacial score (nSPS) is 11.1. The SMILES string of the molecule is COc1cc(C=CC(=O)c2cc3ccccc3o2)cc([N+](=O)[O-])c1O. The number of phenols is 1. The van der Waals surface area contributed by atoms with Gasteiger partial charge in [0.1, 0.15) is 5.58 Å². The highest BCUT2D eigenvalue weighted by Gasteiger charge is 2.19. The molecule has 3 aromatic rings. The van der Waals surface area contributed by atoms with Gasteiger partial charge in [0.25, 0.3) is 0 Å². The van der Waals surface area contributed by atoms with Crippen LogP contribution in [0.3, 0.4) is 0 Å². The number of nitrogens with zero attached hydrogens (tertiary/aromatic N) is 1. The van der Waals surface area contributed by atoms with Gasteiger partial charge in [-0.15, -0.1) is 0 Å². The van der Waals surface area contributed by atoms with E-state index in [0.717, 1.165) is 11.5 Å². The van der Waals surface area contributed by atoms with Crippen LogP contribution in [0.2, 0.25) is 0 Å². The second kappa shape index (κ2) is 6.48. The lowest BCUT2D eigenvalue weighted by atomic mass is 10.1. The third-order valence-electron chi connectivity index (χ3n) is 3.59. The summed E-state index contributed by atoms with van der Waals surface area (Å²) in [4.78, 5) is 22.5. The number of hydrogen-bond donors (Lipinski definition) is 1. The van der Waals surface area contributed by atoms with Crippen LogP contribution >= 0.6 is 0 Å². The molecule has 126 valence electrons. The van der Waals surface area contributed by atoms with E-state index in [1.165, 1.54) is 25.3 Å². The molecule has 0 amide bonds. The largest absolute Gasteiger partial charge is 0.500 e. The molecule has 0 aliphatic carbocycles. The van der Waals surface area contributed by atoms with Crippen molar-refractivity contribution in [2.75, 3.05) is 7.11 Å². The fourth-order valence-corrected chi connectivity index (χ4v) is 2.36. The lowest BCUT2D eigenvalue weighted by Gasteiger charge is -2.05. The summed E-state index contributed by atoms with van der Waals surface area (Å²) in [5.41, 5.74) is 0.433. The van der Waals surface area contributed by atoms with Crippen molar-refractivity contribution in [3.63, 3.8) is 0 Å². The molecule has 2 aromatic carbocycles. The monoisotopic (exact) mass is 339 g/mol. The van der Waals surface area contributed by atoms with Crippen LogP contribution in [0.1, 0.15) is 16.1 Å². The molecule has 3 rings (SSSR count). The minimum absolute atomic E-state index is 0.0509. The van der Waals surface area contributed by atoms with Crippen LogP contribution in [-0.2, 0) is 0 Å². The number of aromatic hydroxyl groups is 1. The predicted molar refractivity (Wildman–Crippen MR) is 90.9 cm³/mol. The number of benzene rings is 2. The number of allylic oxidation sites excluding steroid dienone is 1. The van der Waals surface area contributed by atoms with Gasteiger partial charge >= 0.3 is 5.69 Å². The van der Waals surface area contributed by atoms with Gasteiger partial charge in [0.05, 0.1) is 12.0 Å². The number of nitro groups is 1. The topological polar surface area (TPSA) is 103 Å². The Bertz CT molecular complexity index is 969. The van der Waals surface area contributed by atoms with E-state index in [0.29, 0.717) is 11.1 Å². The molecule has 0 saturated carbocycles. The molecular formula is C18H13NO6. The van der Waals surface area contributed by atoms with Crippen LogP contribution in [0, 0.1) is 10.1 Å². The quantitative estimate of drug-likeness (QED) is 0.327. The van der Waals surface area contributed by atoms with Gasteiger partial charge in [-0.3, -0.25) is 14.9 Å². The van der Waals surface area contributed by atoms with E-state index in [-0.39, 0.29) is 17.3 Å². The van der Waals surface area contributed by atoms with Gasteiger partial charge in [0.2, 0.25) is 11.5 Å². The zero-order valence-corrected chi connectivity index (χ0v) is 13.1. The van der Waals surface area contributed by atoms with Crippen molar-refractivity contribution in [1.82, 2.24) is 0 Å². The number of ether oxygens (including phenoxy) is 1. The summed E-state index contributed by atoms with van der Waals surface area (Å²) in [6, 6.07) is 11.4. The molecule has 7 heteroatoms. The van der Waals surface area contributed by atoms with Gasteiger partial charge in [-0.25, -0.2) is 0 Å². The number of rotatable bonds is 5. The van der Waals surface area contributed by atoms with E-state index >= 15 is 0 Å². The molecule has 0 unspecified atom stereocenters. The maximum Gasteiger partial charge on any atom is 0.315 e. The average Bonchev–Trinajstić information content (AvgIpc) is 3.04. The maximum absolute atomic E-state index is 12.2. The fourth-order valence-electron chi connectivity index (χ4n) is 2.36. The Hall–Kier alpha value is -3.61. The van der Waals surface area contributed by atoms with Crippen LogP contribution in [0.5, 0.6) is 11.5 Å². The van der Waals surface area contributed by atoms with Crippen molar-refractivity contribution in [3.8, 4) is 11.5 Å². The highest BCUT2D eigenvalue weighted by atomic mass is 16.6. The standard InChI is InChI=1S/C18H13NO6/c1-24-17-9-11(8-13(18(17)21)19(22)23)6-7-14(20)16-10-12-4-2-3-5-15(12)25-16/h2-10,21H,1H3. The van der Waals surface area contributed by atoms with Crippen LogP contribution in [0.15, 0.2) is 53.0 Å². The molecule has 1 aromatic heterocycles. The highest BCUT2D eigenvalue weighted by Crippen LogP contribution is 2.37. The van der Waals surface area contributed by atoms with E-state index in [1.54, 1.807) is 18.2 Å². The number of para-hydroxylation sites is 1. The zero-order valence-electron chi connectivity index (χ0n) is 13.1.